The molecule has 2 heterocycles. The van der Waals surface area contributed by atoms with Gasteiger partial charge in [-0.3, -0.25) is 0 Å². The first-order chi connectivity index (χ1) is 9.26. The summed E-state index contributed by atoms with van der Waals surface area (Å²) in [5, 5.41) is 3.71. The number of hydrogen-bond donors (Lipinski definition) is 1. The van der Waals surface area contributed by atoms with Gasteiger partial charge >= 0.3 is 0 Å². The van der Waals surface area contributed by atoms with Gasteiger partial charge in [-0.2, -0.15) is 0 Å². The van der Waals surface area contributed by atoms with Crippen LogP contribution in [0.5, 0.6) is 0 Å². The molecule has 0 radical (unpaired) electrons. The Morgan fingerprint density at radius 1 is 1.11 bits per heavy atom. The van der Waals surface area contributed by atoms with Gasteiger partial charge < -0.3 is 14.8 Å². The molecule has 3 atom stereocenters. The summed E-state index contributed by atoms with van der Waals surface area (Å²) in [7, 11) is 0. The summed E-state index contributed by atoms with van der Waals surface area (Å²) in [4.78, 5) is 0. The normalized spacial score (nSPS) is 38.7. The van der Waals surface area contributed by atoms with Crippen LogP contribution in [0.2, 0.25) is 0 Å². The molecule has 0 amide bonds. The minimum absolute atomic E-state index is 0.271. The molecule has 3 fully saturated rings. The van der Waals surface area contributed by atoms with Crippen molar-refractivity contribution in [2.24, 2.45) is 0 Å². The summed E-state index contributed by atoms with van der Waals surface area (Å²) in [6, 6.07) is 0.634. The van der Waals surface area contributed by atoms with Gasteiger partial charge in [0.1, 0.15) is 0 Å². The van der Waals surface area contributed by atoms with E-state index in [1.54, 1.807) is 0 Å². The fourth-order valence-electron chi connectivity index (χ4n) is 4.08. The van der Waals surface area contributed by atoms with Gasteiger partial charge in [-0.1, -0.05) is 19.3 Å². The maximum Gasteiger partial charge on any atom is 0.0708 e. The number of nitrogens with one attached hydrogen (secondary N) is 1. The van der Waals surface area contributed by atoms with Gasteiger partial charge in [-0.25, -0.2) is 0 Å². The predicted molar refractivity (Wildman–Crippen MR) is 76.4 cm³/mol. The van der Waals surface area contributed by atoms with E-state index in [1.807, 2.05) is 0 Å². The largest absolute Gasteiger partial charge is 0.378 e. The van der Waals surface area contributed by atoms with Crippen molar-refractivity contribution in [1.29, 1.82) is 0 Å². The highest BCUT2D eigenvalue weighted by Gasteiger charge is 2.40. The Labute approximate surface area is 117 Å². The number of hydrogen-bond acceptors (Lipinski definition) is 3. The molecule has 110 valence electrons. The molecule has 0 aromatic heterocycles. The molecular weight excluding hydrogens is 238 g/mol. The minimum Gasteiger partial charge on any atom is -0.378 e. The summed E-state index contributed by atoms with van der Waals surface area (Å²) < 4.78 is 12.0. The quantitative estimate of drug-likeness (QED) is 0.852. The van der Waals surface area contributed by atoms with E-state index < -0.39 is 0 Å². The fourth-order valence-corrected chi connectivity index (χ4v) is 4.08. The summed E-state index contributed by atoms with van der Waals surface area (Å²) in [5.74, 6) is 0. The first-order valence-electron chi connectivity index (χ1n) is 8.29. The van der Waals surface area contributed by atoms with E-state index in [-0.39, 0.29) is 5.60 Å². The van der Waals surface area contributed by atoms with Crippen LogP contribution in [0.3, 0.4) is 0 Å². The SMILES string of the molecule is CC1CC(NCC2CCC3(CCCCC3)O2)CCO1. The molecule has 0 aromatic rings. The maximum absolute atomic E-state index is 6.41. The zero-order valence-electron chi connectivity index (χ0n) is 12.3. The molecular formula is C16H29NO2. The van der Waals surface area contributed by atoms with E-state index in [9.17, 15) is 0 Å². The van der Waals surface area contributed by atoms with Crippen molar-refractivity contribution in [2.75, 3.05) is 13.2 Å². The second-order valence-corrected chi connectivity index (χ2v) is 6.83. The second-order valence-electron chi connectivity index (χ2n) is 6.83. The summed E-state index contributed by atoms with van der Waals surface area (Å²) in [6.07, 6.45) is 12.5. The molecule has 1 saturated carbocycles. The molecule has 0 aromatic carbocycles. The average molecular weight is 267 g/mol. The van der Waals surface area contributed by atoms with Crippen molar-refractivity contribution in [3.63, 3.8) is 0 Å². The van der Waals surface area contributed by atoms with Gasteiger partial charge in [0, 0.05) is 19.2 Å². The van der Waals surface area contributed by atoms with E-state index in [0.717, 1.165) is 26.0 Å². The van der Waals surface area contributed by atoms with E-state index >= 15 is 0 Å². The van der Waals surface area contributed by atoms with Crippen molar-refractivity contribution < 1.29 is 9.47 Å². The van der Waals surface area contributed by atoms with Crippen molar-refractivity contribution >= 4 is 0 Å². The maximum atomic E-state index is 6.41. The number of rotatable bonds is 3. The molecule has 0 bridgehead atoms. The summed E-state index contributed by atoms with van der Waals surface area (Å²) >= 11 is 0. The van der Waals surface area contributed by atoms with Gasteiger partial charge in [0.15, 0.2) is 0 Å². The Morgan fingerprint density at radius 3 is 2.74 bits per heavy atom. The van der Waals surface area contributed by atoms with E-state index in [2.05, 4.69) is 12.2 Å². The van der Waals surface area contributed by atoms with Crippen LogP contribution in [0.25, 0.3) is 0 Å². The summed E-state index contributed by atoms with van der Waals surface area (Å²) in [5.41, 5.74) is 0.271. The van der Waals surface area contributed by atoms with Crippen molar-refractivity contribution in [3.8, 4) is 0 Å². The van der Waals surface area contributed by atoms with Gasteiger partial charge in [0.2, 0.25) is 0 Å². The molecule has 3 unspecified atom stereocenters. The highest BCUT2D eigenvalue weighted by atomic mass is 16.5. The molecule has 1 spiro atoms. The minimum atomic E-state index is 0.271. The van der Waals surface area contributed by atoms with Crippen LogP contribution >= 0.6 is 0 Å². The van der Waals surface area contributed by atoms with Gasteiger partial charge in [-0.15, -0.1) is 0 Å². The van der Waals surface area contributed by atoms with Crippen LogP contribution < -0.4 is 5.32 Å². The Kier molecular flexibility index (Phi) is 4.45. The van der Waals surface area contributed by atoms with E-state index in [0.29, 0.717) is 18.2 Å². The molecule has 19 heavy (non-hydrogen) atoms. The van der Waals surface area contributed by atoms with Gasteiger partial charge in [0.25, 0.3) is 0 Å². The highest BCUT2D eigenvalue weighted by Crippen LogP contribution is 2.41. The Hall–Kier alpha value is -0.120. The van der Waals surface area contributed by atoms with Gasteiger partial charge in [0.05, 0.1) is 17.8 Å². The number of ether oxygens (including phenoxy) is 2. The Morgan fingerprint density at radius 2 is 1.95 bits per heavy atom. The topological polar surface area (TPSA) is 30.5 Å². The van der Waals surface area contributed by atoms with Crippen LogP contribution in [-0.4, -0.2) is 37.0 Å². The highest BCUT2D eigenvalue weighted by molar-refractivity contribution is 4.92. The van der Waals surface area contributed by atoms with Crippen LogP contribution in [0, 0.1) is 0 Å². The van der Waals surface area contributed by atoms with Crippen molar-refractivity contribution in [2.45, 2.75) is 88.6 Å². The third-order valence-corrected chi connectivity index (χ3v) is 5.22. The third-order valence-electron chi connectivity index (χ3n) is 5.22. The van der Waals surface area contributed by atoms with Crippen LogP contribution in [0.4, 0.5) is 0 Å². The summed E-state index contributed by atoms with van der Waals surface area (Å²) in [6.45, 7) is 4.13. The first-order valence-corrected chi connectivity index (χ1v) is 8.29. The zero-order chi connectivity index (χ0) is 13.1. The van der Waals surface area contributed by atoms with Crippen LogP contribution in [0.1, 0.15) is 64.7 Å². The molecule has 3 aliphatic rings. The lowest BCUT2D eigenvalue weighted by Crippen LogP contribution is -2.42. The molecule has 3 nitrogen and oxygen atoms in total. The Bertz CT molecular complexity index is 288. The zero-order valence-corrected chi connectivity index (χ0v) is 12.3. The smallest absolute Gasteiger partial charge is 0.0708 e. The van der Waals surface area contributed by atoms with Gasteiger partial charge in [-0.05, 0) is 45.4 Å². The molecule has 1 N–H and O–H groups in total. The monoisotopic (exact) mass is 267 g/mol. The standard InChI is InChI=1S/C16H29NO2/c1-13-11-14(6-10-18-13)17-12-15-5-9-16(19-15)7-3-2-4-8-16/h13-15,17H,2-12H2,1H3. The first kappa shape index (κ1) is 13.8. The average Bonchev–Trinajstić information content (AvgIpc) is 2.80. The lowest BCUT2D eigenvalue weighted by atomic mass is 9.83. The lowest BCUT2D eigenvalue weighted by molar-refractivity contribution is -0.0646. The molecule has 1 aliphatic carbocycles. The van der Waals surface area contributed by atoms with Crippen molar-refractivity contribution in [1.82, 2.24) is 5.32 Å². The second kappa shape index (κ2) is 6.11. The molecule has 3 heteroatoms. The van der Waals surface area contributed by atoms with E-state index in [1.165, 1.54) is 44.9 Å². The lowest BCUT2D eigenvalue weighted by Gasteiger charge is -2.34. The molecule has 2 aliphatic heterocycles. The molecule has 2 saturated heterocycles. The van der Waals surface area contributed by atoms with Crippen LogP contribution in [0.15, 0.2) is 0 Å². The predicted octanol–water partition coefficient (Wildman–Crippen LogP) is 3.03. The fraction of sp³-hybridized carbons (Fsp3) is 1.00. The Balaban J connectivity index is 1.41. The van der Waals surface area contributed by atoms with Crippen molar-refractivity contribution in [3.05, 3.63) is 0 Å². The van der Waals surface area contributed by atoms with Crippen LogP contribution in [-0.2, 0) is 9.47 Å². The van der Waals surface area contributed by atoms with E-state index in [4.69, 9.17) is 9.47 Å². The molecule has 3 rings (SSSR count). The third kappa shape index (κ3) is 3.50.